The Morgan fingerprint density at radius 1 is 0.863 bits per heavy atom. The van der Waals surface area contributed by atoms with Crippen LogP contribution in [-0.4, -0.2) is 98.3 Å². The molecule has 1 aliphatic carbocycles. The lowest BCUT2D eigenvalue weighted by Crippen LogP contribution is -2.49. The Hall–Kier alpha value is -7.17. The number of hydrogen-bond donors (Lipinski definition) is 3. The van der Waals surface area contributed by atoms with E-state index in [1.165, 1.54) is 17.8 Å². The number of fused-ring (bicyclic) bond motifs is 3. The summed E-state index contributed by atoms with van der Waals surface area (Å²) in [7, 11) is 1.92. The first-order chi connectivity index (χ1) is 35.4. The highest BCUT2D eigenvalue weighted by Crippen LogP contribution is 2.38. The number of rotatable bonds is 13. The monoisotopic (exact) mass is 999 g/mol. The molecule has 15 nitrogen and oxygen atoms in total. The molecule has 11 rings (SSSR count). The number of imide groups is 1. The van der Waals surface area contributed by atoms with Crippen molar-refractivity contribution in [1.82, 2.24) is 30.0 Å². The number of nitrogens with zero attached hydrogens (tertiary/aromatic N) is 7. The maximum atomic E-state index is 13.7. The second-order valence-electron chi connectivity index (χ2n) is 20.3. The summed E-state index contributed by atoms with van der Waals surface area (Å²) in [6, 6.07) is 30.1. The largest absolute Gasteiger partial charge is 0.490 e. The molecule has 4 aromatic carbocycles. The predicted molar refractivity (Wildman–Crippen MR) is 285 cm³/mol. The third-order valence-corrected chi connectivity index (χ3v) is 16.8. The van der Waals surface area contributed by atoms with Gasteiger partial charge in [-0.3, -0.25) is 34.6 Å². The highest BCUT2D eigenvalue weighted by molar-refractivity contribution is 7.22. The van der Waals surface area contributed by atoms with E-state index in [0.717, 1.165) is 119 Å². The molecule has 0 bridgehead atoms. The average molecular weight is 1000 g/mol. The van der Waals surface area contributed by atoms with Gasteiger partial charge in [0.15, 0.2) is 10.8 Å². The Labute approximate surface area is 428 Å². The van der Waals surface area contributed by atoms with Crippen LogP contribution >= 0.6 is 11.3 Å². The topological polar surface area (TPSA) is 175 Å². The number of carboxylic acids is 1. The third-order valence-electron chi connectivity index (χ3n) is 15.8. The summed E-state index contributed by atoms with van der Waals surface area (Å²) in [6.07, 6.45) is 8.17. The van der Waals surface area contributed by atoms with Gasteiger partial charge in [-0.1, -0.05) is 47.7 Å². The van der Waals surface area contributed by atoms with E-state index in [2.05, 4.69) is 50.5 Å². The van der Waals surface area contributed by atoms with E-state index in [-0.39, 0.29) is 29.5 Å². The normalized spacial score (nSPS) is 20.0. The van der Waals surface area contributed by atoms with Crippen LogP contribution < -0.4 is 25.2 Å². The molecule has 4 aliphatic rings. The standard InChI is InChI=1S/C57H61N9O6S/c1-34(64-28-30-65(31-29-64)38-18-21-43-47(32-38)63(3)62-52(43)44-23-25-51(67)60-55(44)69)14-15-36-16-19-39(20-17-36)72-48-12-7-9-40(35(48)2)41-22-24-50(59-53(41)56(70)71)66-27-26-37-8-6-10-42(45(37)33-66)54(68)61-57-58-46-11-4-5-13-49(46)73-57/h4-13,18,21-22,24,32,34,36,39,44H,14-17,19-20,23,25-31,33H2,1-3H3,(H,70,71)(H,58,61,68)(H,60,67,69)/t34-,36?,39?,44?/m0/s1. The van der Waals surface area contributed by atoms with Crippen molar-refractivity contribution in [3.8, 4) is 16.9 Å². The molecule has 3 N–H and O–H groups in total. The molecule has 3 aliphatic heterocycles. The van der Waals surface area contributed by atoms with Gasteiger partial charge in [-0.15, -0.1) is 0 Å². The van der Waals surface area contributed by atoms with E-state index in [0.29, 0.717) is 66.4 Å². The van der Waals surface area contributed by atoms with E-state index >= 15 is 0 Å². The molecule has 0 radical (unpaired) electrons. The number of anilines is 3. The number of aromatic nitrogens is 4. The number of carbonyl (C=O) groups is 4. The molecule has 0 spiro atoms. The average Bonchev–Trinajstić information content (AvgIpc) is 3.97. The predicted octanol–water partition coefficient (Wildman–Crippen LogP) is 9.52. The number of nitrogens with one attached hydrogen (secondary N) is 2. The Kier molecular flexibility index (Phi) is 13.4. The van der Waals surface area contributed by atoms with Gasteiger partial charge in [-0.05, 0) is 148 Å². The minimum absolute atomic E-state index is 0.0203. The lowest BCUT2D eigenvalue weighted by molar-refractivity contribution is -0.134. The number of aryl methyl sites for hydroxylation is 1. The summed E-state index contributed by atoms with van der Waals surface area (Å²) in [6.45, 7) is 9.31. The van der Waals surface area contributed by atoms with Gasteiger partial charge >= 0.3 is 5.97 Å². The van der Waals surface area contributed by atoms with Gasteiger partial charge in [0, 0.05) is 81.0 Å². The number of carbonyl (C=O) groups excluding carboxylic acids is 3. The fourth-order valence-corrected chi connectivity index (χ4v) is 12.5. The molecule has 16 heteroatoms. The summed E-state index contributed by atoms with van der Waals surface area (Å²) in [5.41, 5.74) is 8.49. The van der Waals surface area contributed by atoms with Crippen LogP contribution in [0.15, 0.2) is 91.0 Å². The second kappa shape index (κ2) is 20.4. The van der Waals surface area contributed by atoms with Crippen molar-refractivity contribution >= 4 is 72.8 Å². The highest BCUT2D eigenvalue weighted by atomic mass is 32.1. The number of piperazine rings is 1. The van der Waals surface area contributed by atoms with Crippen LogP contribution in [0.1, 0.15) is 107 Å². The Morgan fingerprint density at radius 3 is 2.47 bits per heavy atom. The second-order valence-corrected chi connectivity index (χ2v) is 21.3. The first kappa shape index (κ1) is 48.1. The summed E-state index contributed by atoms with van der Waals surface area (Å²) in [5.74, 6) is -0.236. The fourth-order valence-electron chi connectivity index (χ4n) is 11.6. The van der Waals surface area contributed by atoms with Crippen LogP contribution in [0.4, 0.5) is 16.6 Å². The maximum Gasteiger partial charge on any atom is 0.355 e. The zero-order valence-electron chi connectivity index (χ0n) is 41.6. The quantitative estimate of drug-likeness (QED) is 0.0935. The summed E-state index contributed by atoms with van der Waals surface area (Å²) in [4.78, 5) is 67.4. The lowest BCUT2D eigenvalue weighted by atomic mass is 9.83. The van der Waals surface area contributed by atoms with Crippen LogP contribution in [0.3, 0.4) is 0 Å². The molecule has 2 atom stereocenters. The van der Waals surface area contributed by atoms with E-state index < -0.39 is 11.9 Å². The van der Waals surface area contributed by atoms with E-state index in [9.17, 15) is 24.3 Å². The number of piperidine rings is 1. The van der Waals surface area contributed by atoms with Gasteiger partial charge in [0.2, 0.25) is 11.8 Å². The van der Waals surface area contributed by atoms with Crippen molar-refractivity contribution in [2.75, 3.05) is 47.8 Å². The number of benzene rings is 4. The van der Waals surface area contributed by atoms with Crippen LogP contribution in [0.25, 0.3) is 32.2 Å². The molecule has 1 saturated carbocycles. The van der Waals surface area contributed by atoms with Crippen LogP contribution in [-0.2, 0) is 29.6 Å². The van der Waals surface area contributed by atoms with Gasteiger partial charge in [0.25, 0.3) is 5.91 Å². The van der Waals surface area contributed by atoms with Crippen molar-refractivity contribution in [3.05, 3.63) is 125 Å². The molecule has 6 heterocycles. The molecule has 2 saturated heterocycles. The third kappa shape index (κ3) is 9.89. The molecule has 7 aromatic rings. The van der Waals surface area contributed by atoms with Crippen molar-refractivity contribution in [3.63, 3.8) is 0 Å². The molecular weight excluding hydrogens is 939 g/mol. The van der Waals surface area contributed by atoms with Crippen molar-refractivity contribution in [2.45, 2.75) is 96.2 Å². The Morgan fingerprint density at radius 2 is 1.67 bits per heavy atom. The number of pyridine rings is 1. The molecule has 3 aromatic heterocycles. The minimum Gasteiger partial charge on any atom is -0.490 e. The highest BCUT2D eigenvalue weighted by Gasteiger charge is 2.33. The Bertz CT molecular complexity index is 3230. The fraction of sp³-hybridized carbons (Fsp3) is 0.386. The van der Waals surface area contributed by atoms with Gasteiger partial charge in [0.1, 0.15) is 11.6 Å². The van der Waals surface area contributed by atoms with Crippen LogP contribution in [0, 0.1) is 12.8 Å². The Balaban J connectivity index is 0.672. The smallest absolute Gasteiger partial charge is 0.355 e. The number of hydrogen-bond acceptors (Lipinski definition) is 12. The number of aromatic carboxylic acids is 1. The lowest BCUT2D eigenvalue weighted by Gasteiger charge is -2.39. The van der Waals surface area contributed by atoms with Gasteiger partial charge in [-0.25, -0.2) is 14.8 Å². The van der Waals surface area contributed by atoms with Gasteiger partial charge in [0.05, 0.1) is 33.4 Å². The molecule has 3 fully saturated rings. The number of para-hydroxylation sites is 1. The van der Waals surface area contributed by atoms with Crippen LogP contribution in [0.5, 0.6) is 5.75 Å². The maximum absolute atomic E-state index is 13.7. The molecule has 1 unspecified atom stereocenters. The number of carboxylic acid groups (broad SMARTS) is 1. The number of thiazole rings is 1. The summed E-state index contributed by atoms with van der Waals surface area (Å²) in [5, 5.41) is 22.3. The minimum atomic E-state index is -1.10. The number of amides is 3. The first-order valence-corrected chi connectivity index (χ1v) is 26.6. The van der Waals surface area contributed by atoms with Crippen molar-refractivity contribution in [2.24, 2.45) is 13.0 Å². The zero-order valence-corrected chi connectivity index (χ0v) is 42.4. The van der Waals surface area contributed by atoms with Gasteiger partial charge < -0.3 is 19.6 Å². The van der Waals surface area contributed by atoms with E-state index in [1.54, 1.807) is 0 Å². The van der Waals surface area contributed by atoms with Crippen LogP contribution in [0.2, 0.25) is 0 Å². The van der Waals surface area contributed by atoms with Crippen molar-refractivity contribution < 1.29 is 29.0 Å². The molecular formula is C57H61N9O6S. The van der Waals surface area contributed by atoms with E-state index in [4.69, 9.17) is 14.8 Å². The molecule has 73 heavy (non-hydrogen) atoms. The molecule has 3 amide bonds. The van der Waals surface area contributed by atoms with Crippen molar-refractivity contribution in [1.29, 1.82) is 0 Å². The number of ether oxygens (including phenoxy) is 1. The summed E-state index contributed by atoms with van der Waals surface area (Å²) >= 11 is 1.44. The summed E-state index contributed by atoms with van der Waals surface area (Å²) < 4.78 is 9.57. The van der Waals surface area contributed by atoms with E-state index in [1.807, 2.05) is 96.3 Å². The SMILES string of the molecule is Cc1c(OC2CCC(CC[C@H](C)N3CCN(c4ccc5c(C6CCC(=O)NC6=O)nn(C)c5c4)CC3)CC2)cccc1-c1ccc(N2CCc3cccc(C(=O)Nc4nc5ccccc5s4)c3C2)nc1C(=O)O. The molecule has 376 valence electrons. The zero-order chi connectivity index (χ0) is 50.3. The first-order valence-electron chi connectivity index (χ1n) is 25.8. The van der Waals surface area contributed by atoms with Gasteiger partial charge in [-0.2, -0.15) is 5.10 Å².